The van der Waals surface area contributed by atoms with E-state index >= 15 is 0 Å². The van der Waals surface area contributed by atoms with E-state index in [0.717, 1.165) is 6.08 Å². The molecule has 0 atom stereocenters. The van der Waals surface area contributed by atoms with E-state index in [2.05, 4.69) is 0 Å². The number of benzene rings is 1. The minimum Gasteiger partial charge on any atom is -0.477 e. The van der Waals surface area contributed by atoms with Gasteiger partial charge in [0.25, 0.3) is 0 Å². The molecule has 0 aliphatic heterocycles. The number of halogens is 2. The van der Waals surface area contributed by atoms with Gasteiger partial charge in [-0.1, -0.05) is 36.4 Å². The third-order valence-corrected chi connectivity index (χ3v) is 1.57. The monoisotopic (exact) mass is 198 g/mol. The Balaban J connectivity index is 2.79. The van der Waals surface area contributed by atoms with E-state index < -0.39 is 11.9 Å². The maximum absolute atomic E-state index is 12.5. The Bertz CT molecular complexity index is 344. The van der Waals surface area contributed by atoms with Gasteiger partial charge in [0, 0.05) is 0 Å². The zero-order valence-electron chi connectivity index (χ0n) is 7.15. The van der Waals surface area contributed by atoms with Crippen molar-refractivity contribution in [1.29, 1.82) is 0 Å². The molecule has 0 heterocycles. The van der Waals surface area contributed by atoms with E-state index in [1.807, 2.05) is 0 Å². The van der Waals surface area contributed by atoms with E-state index in [0.29, 0.717) is 11.6 Å². The molecule has 1 N–H and O–H groups in total. The zero-order valence-corrected chi connectivity index (χ0v) is 7.15. The van der Waals surface area contributed by atoms with Crippen molar-refractivity contribution in [2.24, 2.45) is 0 Å². The second kappa shape index (κ2) is 4.00. The summed E-state index contributed by atoms with van der Waals surface area (Å²) in [6, 6.07) is 8.31. The molecule has 1 rings (SSSR count). The van der Waals surface area contributed by atoms with Crippen molar-refractivity contribution in [2.45, 2.75) is 5.92 Å². The second-order valence-electron chi connectivity index (χ2n) is 2.67. The fourth-order valence-corrected chi connectivity index (χ4v) is 0.836. The first-order valence-corrected chi connectivity index (χ1v) is 3.88. The molecule has 0 radical (unpaired) electrons. The normalized spacial score (nSPS) is 11.9. The van der Waals surface area contributed by atoms with Crippen molar-refractivity contribution in [3.8, 4) is 0 Å². The van der Waals surface area contributed by atoms with Crippen LogP contribution in [0.2, 0.25) is 0 Å². The molecule has 0 unspecified atom stereocenters. The number of carbonyl (C=O) groups is 1. The molecule has 1 aromatic carbocycles. The van der Waals surface area contributed by atoms with Crippen LogP contribution in [0.5, 0.6) is 0 Å². The molecule has 0 aromatic heterocycles. The Morgan fingerprint density at radius 2 is 1.86 bits per heavy atom. The van der Waals surface area contributed by atoms with Gasteiger partial charge in [0.15, 0.2) is 0 Å². The maximum Gasteiger partial charge on any atom is 0.378 e. The molecule has 74 valence electrons. The van der Waals surface area contributed by atoms with Crippen molar-refractivity contribution in [2.75, 3.05) is 0 Å². The predicted molar refractivity (Wildman–Crippen MR) is 48.1 cm³/mol. The lowest BCUT2D eigenvalue weighted by Crippen LogP contribution is -2.24. The lowest BCUT2D eigenvalue weighted by atomic mass is 10.2. The minimum absolute atomic E-state index is 0.366. The van der Waals surface area contributed by atoms with Gasteiger partial charge in [0.1, 0.15) is 0 Å². The van der Waals surface area contributed by atoms with Crippen molar-refractivity contribution in [3.63, 3.8) is 0 Å². The van der Waals surface area contributed by atoms with E-state index in [1.165, 1.54) is 0 Å². The van der Waals surface area contributed by atoms with Gasteiger partial charge in [-0.2, -0.15) is 8.78 Å². The molecule has 14 heavy (non-hydrogen) atoms. The quantitative estimate of drug-likeness (QED) is 0.809. The summed E-state index contributed by atoms with van der Waals surface area (Å²) in [4.78, 5) is 10.0. The lowest BCUT2D eigenvalue weighted by molar-refractivity contribution is -0.157. The van der Waals surface area contributed by atoms with Crippen LogP contribution >= 0.6 is 0 Å². The predicted octanol–water partition coefficient (Wildman–Crippen LogP) is 2.42. The number of aliphatic carboxylic acids is 1. The van der Waals surface area contributed by atoms with E-state index in [9.17, 15) is 13.6 Å². The van der Waals surface area contributed by atoms with Gasteiger partial charge < -0.3 is 5.11 Å². The van der Waals surface area contributed by atoms with Crippen molar-refractivity contribution >= 4 is 12.0 Å². The van der Waals surface area contributed by atoms with Crippen LogP contribution in [-0.2, 0) is 4.79 Å². The highest BCUT2D eigenvalue weighted by atomic mass is 19.3. The second-order valence-corrected chi connectivity index (χ2v) is 2.67. The summed E-state index contributed by atoms with van der Waals surface area (Å²) in [6.07, 6.45) is 1.44. The van der Waals surface area contributed by atoms with Gasteiger partial charge in [0.05, 0.1) is 0 Å². The number of hydrogen-bond acceptors (Lipinski definition) is 1. The fourth-order valence-electron chi connectivity index (χ4n) is 0.836. The van der Waals surface area contributed by atoms with Crippen LogP contribution in [0.4, 0.5) is 8.78 Å². The van der Waals surface area contributed by atoms with Crippen LogP contribution in [0, 0.1) is 0 Å². The summed E-state index contributed by atoms with van der Waals surface area (Å²) >= 11 is 0. The smallest absolute Gasteiger partial charge is 0.378 e. The highest BCUT2D eigenvalue weighted by Crippen LogP contribution is 2.17. The number of alkyl halides is 2. The Morgan fingerprint density at radius 3 is 2.36 bits per heavy atom. The van der Waals surface area contributed by atoms with E-state index in [1.54, 1.807) is 30.3 Å². The molecule has 4 heteroatoms. The molecule has 1 aromatic rings. The average Bonchev–Trinajstić information content (AvgIpc) is 2.16. The summed E-state index contributed by atoms with van der Waals surface area (Å²) in [7, 11) is 0. The first-order valence-electron chi connectivity index (χ1n) is 3.88. The van der Waals surface area contributed by atoms with Crippen LogP contribution in [0.25, 0.3) is 6.08 Å². The first kappa shape index (κ1) is 10.4. The largest absolute Gasteiger partial charge is 0.477 e. The molecule has 0 spiro atoms. The molecule has 0 bridgehead atoms. The van der Waals surface area contributed by atoms with E-state index in [4.69, 9.17) is 5.11 Å². The van der Waals surface area contributed by atoms with Gasteiger partial charge in [-0.15, -0.1) is 0 Å². The van der Waals surface area contributed by atoms with Gasteiger partial charge in [-0.3, -0.25) is 0 Å². The summed E-state index contributed by atoms with van der Waals surface area (Å²) in [5.74, 6) is -5.96. The standard InChI is InChI=1S/C10H8F2O2/c11-10(12,9(13)14)7-6-8-4-2-1-3-5-8/h1-7H,(H,13,14). The maximum atomic E-state index is 12.5. The Hall–Kier alpha value is -1.71. The molecule has 2 nitrogen and oxygen atoms in total. The zero-order chi connectivity index (χ0) is 10.6. The van der Waals surface area contributed by atoms with Crippen molar-refractivity contribution < 1.29 is 18.7 Å². The van der Waals surface area contributed by atoms with Crippen LogP contribution < -0.4 is 0 Å². The van der Waals surface area contributed by atoms with Gasteiger partial charge >= 0.3 is 11.9 Å². The molecule has 0 amide bonds. The minimum atomic E-state index is -3.81. The molecule has 0 aliphatic rings. The number of carboxylic acids is 1. The van der Waals surface area contributed by atoms with E-state index in [-0.39, 0.29) is 0 Å². The topological polar surface area (TPSA) is 37.3 Å². The molecule has 0 aliphatic carbocycles. The average molecular weight is 198 g/mol. The van der Waals surface area contributed by atoms with Gasteiger partial charge in [-0.05, 0) is 11.6 Å². The summed E-state index contributed by atoms with van der Waals surface area (Å²) in [5.41, 5.74) is 0.536. The first-order chi connectivity index (χ1) is 6.52. The number of hydrogen-bond donors (Lipinski definition) is 1. The Labute approximate surface area is 79.5 Å². The summed E-state index contributed by atoms with van der Waals surface area (Å²) in [5, 5.41) is 8.12. The molecule has 0 saturated carbocycles. The third-order valence-electron chi connectivity index (χ3n) is 1.57. The molecule has 0 saturated heterocycles. The molecular formula is C10H8F2O2. The highest BCUT2D eigenvalue weighted by molar-refractivity contribution is 5.79. The number of rotatable bonds is 3. The van der Waals surface area contributed by atoms with Crippen LogP contribution in [-0.4, -0.2) is 17.0 Å². The van der Waals surface area contributed by atoms with Gasteiger partial charge in [-0.25, -0.2) is 4.79 Å². The fraction of sp³-hybridized carbons (Fsp3) is 0.100. The van der Waals surface area contributed by atoms with Crippen LogP contribution in [0.1, 0.15) is 5.56 Å². The number of carboxylic acid groups (broad SMARTS) is 1. The summed E-state index contributed by atoms with van der Waals surface area (Å²) < 4.78 is 25.1. The van der Waals surface area contributed by atoms with Gasteiger partial charge in [0.2, 0.25) is 0 Å². The Morgan fingerprint density at radius 1 is 1.29 bits per heavy atom. The molecule has 0 fully saturated rings. The van der Waals surface area contributed by atoms with Crippen molar-refractivity contribution in [3.05, 3.63) is 42.0 Å². The third kappa shape index (κ3) is 2.65. The van der Waals surface area contributed by atoms with Crippen molar-refractivity contribution in [1.82, 2.24) is 0 Å². The highest BCUT2D eigenvalue weighted by Gasteiger charge is 2.35. The Kier molecular flexibility index (Phi) is 2.96. The van der Waals surface area contributed by atoms with Crippen LogP contribution in [0.15, 0.2) is 36.4 Å². The van der Waals surface area contributed by atoms with Crippen LogP contribution in [0.3, 0.4) is 0 Å². The summed E-state index contributed by atoms with van der Waals surface area (Å²) in [6.45, 7) is 0. The SMILES string of the molecule is O=C(O)C(F)(F)C=Cc1ccccc1. The lowest BCUT2D eigenvalue weighted by Gasteiger charge is -2.03. The molecular weight excluding hydrogens is 190 g/mol.